The predicted octanol–water partition coefficient (Wildman–Crippen LogP) is 4.97. The predicted molar refractivity (Wildman–Crippen MR) is 123 cm³/mol. The lowest BCUT2D eigenvalue weighted by Crippen LogP contribution is -2.04. The average molecular weight is 458 g/mol. The minimum Gasteiger partial charge on any atom is -0.342 e. The van der Waals surface area contributed by atoms with E-state index < -0.39 is 0 Å². The van der Waals surface area contributed by atoms with Crippen molar-refractivity contribution in [1.29, 1.82) is 0 Å². The maximum absolute atomic E-state index is 11.1. The quantitative estimate of drug-likeness (QED) is 0.222. The summed E-state index contributed by atoms with van der Waals surface area (Å²) >= 11 is 5.99. The van der Waals surface area contributed by atoms with E-state index >= 15 is 0 Å². The van der Waals surface area contributed by atoms with Crippen LogP contribution in [0, 0.1) is 17.0 Å². The molecule has 8 nitrogen and oxygen atoms in total. The number of aromatic nitrogens is 3. The zero-order chi connectivity index (χ0) is 22.5. The normalized spacial score (nSPS) is 12.3. The second kappa shape index (κ2) is 9.88. The number of imidazole rings is 1. The molecular weight excluding hydrogens is 434 g/mol. The van der Waals surface area contributed by atoms with Crippen molar-refractivity contribution in [3.63, 3.8) is 0 Å². The van der Waals surface area contributed by atoms with Crippen molar-refractivity contribution in [3.05, 3.63) is 76.0 Å². The number of hydroxylamine groups is 2. The summed E-state index contributed by atoms with van der Waals surface area (Å²) in [7, 11) is 1.77. The molecule has 0 aliphatic carbocycles. The molecule has 0 spiro atoms. The lowest BCUT2D eigenvalue weighted by atomic mass is 10.1. The van der Waals surface area contributed by atoms with Gasteiger partial charge >= 0.3 is 5.17 Å². The maximum Gasteiger partial charge on any atom is 0.322 e. The van der Waals surface area contributed by atoms with E-state index in [1.54, 1.807) is 25.4 Å². The largest absolute Gasteiger partial charge is 0.342 e. The topological polar surface area (TPSA) is 89.4 Å². The van der Waals surface area contributed by atoms with Gasteiger partial charge in [0, 0.05) is 36.5 Å². The van der Waals surface area contributed by atoms with Crippen molar-refractivity contribution in [2.75, 3.05) is 7.05 Å². The molecule has 0 unspecified atom stereocenters. The van der Waals surface area contributed by atoms with Crippen LogP contribution in [0.3, 0.4) is 0 Å². The zero-order valence-corrected chi connectivity index (χ0v) is 19.3. The van der Waals surface area contributed by atoms with Crippen LogP contribution in [0.4, 0.5) is 5.69 Å². The Morgan fingerprint density at radius 3 is 2.55 bits per heavy atom. The van der Waals surface area contributed by atoms with Gasteiger partial charge in [-0.25, -0.2) is 4.98 Å². The van der Waals surface area contributed by atoms with Gasteiger partial charge < -0.3 is 9.40 Å². The number of nitro benzene ring substituents is 1. The Balaban J connectivity index is 0.000000478. The number of non-ortho nitro benzene ring substituents is 1. The minimum atomic E-state index is -0.369. The van der Waals surface area contributed by atoms with E-state index in [-0.39, 0.29) is 16.5 Å². The van der Waals surface area contributed by atoms with E-state index in [9.17, 15) is 10.1 Å². The Kier molecular flexibility index (Phi) is 7.24. The lowest BCUT2D eigenvalue weighted by molar-refractivity contribution is -0.385. The first-order valence-corrected chi connectivity index (χ1v) is 10.8. The fourth-order valence-electron chi connectivity index (χ4n) is 2.78. The number of pyridine rings is 1. The fraction of sp³-hybridized carbons (Fsp3) is 0.286. The highest BCUT2D eigenvalue weighted by Crippen LogP contribution is 2.36. The molecule has 2 aromatic heterocycles. The molecule has 1 fully saturated rings. The van der Waals surface area contributed by atoms with Gasteiger partial charge in [-0.15, -0.1) is 0 Å². The van der Waals surface area contributed by atoms with Crippen LogP contribution in [0.15, 0.2) is 58.7 Å². The number of thiocarbonyl (C=S) groups is 1. The van der Waals surface area contributed by atoms with Gasteiger partial charge in [0.25, 0.3) is 5.69 Å². The smallest absolute Gasteiger partial charge is 0.322 e. The summed E-state index contributed by atoms with van der Waals surface area (Å²) in [5.41, 5.74) is 2.18. The molecule has 1 aromatic carbocycles. The summed E-state index contributed by atoms with van der Waals surface area (Å²) in [5.74, 6) is 1.18. The summed E-state index contributed by atoms with van der Waals surface area (Å²) in [6.07, 6.45) is 3.60. The van der Waals surface area contributed by atoms with Gasteiger partial charge in [-0.05, 0) is 42.8 Å². The van der Waals surface area contributed by atoms with Crippen molar-refractivity contribution in [1.82, 2.24) is 19.6 Å². The molecule has 0 amide bonds. The standard InChI is InChI=1S/C19H20N4O2S.C2H3NOS/c1-13(2)18-19(26-17-8-4-7-16(10-17)23(24)25)22(14(3)21-18)12-15-6-5-9-20-11-15;1-3-2(5)4-3/h4-11,13H,12H2,1-3H3;1H3. The lowest BCUT2D eigenvalue weighted by Gasteiger charge is -2.12. The van der Waals surface area contributed by atoms with Crippen LogP contribution in [0.5, 0.6) is 0 Å². The molecule has 3 heterocycles. The molecule has 0 bridgehead atoms. The average Bonchev–Trinajstić information content (AvgIpc) is 3.31. The molecule has 1 aliphatic heterocycles. The number of rotatable bonds is 6. The first-order valence-electron chi connectivity index (χ1n) is 9.60. The van der Waals surface area contributed by atoms with Gasteiger partial charge in [0.05, 0.1) is 17.2 Å². The summed E-state index contributed by atoms with van der Waals surface area (Å²) in [6.45, 7) is 6.86. The SMILES string of the molecule is CN1OC1=S.Cc1nc(C(C)C)c(Sc2cccc([N+](=O)[O-])c2)n1Cc1cccnc1. The van der Waals surface area contributed by atoms with E-state index in [2.05, 4.69) is 40.5 Å². The third-order valence-electron chi connectivity index (χ3n) is 4.43. The molecule has 1 aliphatic rings. The maximum atomic E-state index is 11.1. The van der Waals surface area contributed by atoms with Gasteiger partial charge in [-0.1, -0.05) is 37.7 Å². The molecule has 1 saturated heterocycles. The number of benzene rings is 1. The van der Waals surface area contributed by atoms with Crippen LogP contribution >= 0.6 is 24.0 Å². The van der Waals surface area contributed by atoms with Gasteiger partial charge in [0.15, 0.2) is 0 Å². The highest BCUT2D eigenvalue weighted by molar-refractivity contribution is 7.99. The third kappa shape index (κ3) is 6.02. The molecule has 0 atom stereocenters. The van der Waals surface area contributed by atoms with Gasteiger partial charge in [0.2, 0.25) is 0 Å². The van der Waals surface area contributed by atoms with Gasteiger partial charge in [-0.3, -0.25) is 15.1 Å². The first-order chi connectivity index (χ1) is 14.8. The minimum absolute atomic E-state index is 0.0937. The van der Waals surface area contributed by atoms with Crippen LogP contribution in [-0.4, -0.2) is 36.7 Å². The van der Waals surface area contributed by atoms with E-state index in [4.69, 9.17) is 4.98 Å². The summed E-state index contributed by atoms with van der Waals surface area (Å²) < 4.78 is 2.15. The van der Waals surface area contributed by atoms with Crippen LogP contribution in [0.1, 0.15) is 36.8 Å². The number of hydrogen-bond acceptors (Lipinski definition) is 7. The molecule has 162 valence electrons. The van der Waals surface area contributed by atoms with Crippen LogP contribution < -0.4 is 0 Å². The monoisotopic (exact) mass is 457 g/mol. The Morgan fingerprint density at radius 2 is 2.00 bits per heavy atom. The molecule has 31 heavy (non-hydrogen) atoms. The molecular formula is C21H23N5O3S2. The van der Waals surface area contributed by atoms with Crippen molar-refractivity contribution < 1.29 is 9.76 Å². The fourth-order valence-corrected chi connectivity index (χ4v) is 4.13. The molecule has 0 saturated carbocycles. The second-order valence-electron chi connectivity index (χ2n) is 7.16. The second-order valence-corrected chi connectivity index (χ2v) is 8.57. The van der Waals surface area contributed by atoms with Gasteiger partial charge in [-0.2, -0.15) is 5.06 Å². The van der Waals surface area contributed by atoms with E-state index in [0.29, 0.717) is 11.7 Å². The van der Waals surface area contributed by atoms with E-state index in [0.717, 1.165) is 27.0 Å². The summed E-state index contributed by atoms with van der Waals surface area (Å²) in [5, 5.41) is 14.2. The highest BCUT2D eigenvalue weighted by Gasteiger charge is 2.22. The molecule has 3 aromatic rings. The van der Waals surface area contributed by atoms with Crippen LogP contribution in [-0.2, 0) is 11.4 Å². The van der Waals surface area contributed by atoms with Crippen molar-refractivity contribution in [3.8, 4) is 0 Å². The van der Waals surface area contributed by atoms with Crippen LogP contribution in [0.25, 0.3) is 0 Å². The third-order valence-corrected chi connectivity index (χ3v) is 5.87. The number of nitro groups is 1. The number of nitrogens with zero attached hydrogens (tertiary/aromatic N) is 5. The zero-order valence-electron chi connectivity index (χ0n) is 17.7. The first kappa shape index (κ1) is 22.7. The molecule has 0 radical (unpaired) electrons. The van der Waals surface area contributed by atoms with Gasteiger partial charge in [0.1, 0.15) is 10.9 Å². The molecule has 10 heteroatoms. The Hall–Kier alpha value is -2.98. The van der Waals surface area contributed by atoms with E-state index in [1.807, 2.05) is 31.3 Å². The Labute approximate surface area is 190 Å². The number of hydrogen-bond donors (Lipinski definition) is 0. The summed E-state index contributed by atoms with van der Waals surface area (Å²) in [4.78, 5) is 24.9. The Morgan fingerprint density at radius 1 is 1.29 bits per heavy atom. The van der Waals surface area contributed by atoms with Crippen molar-refractivity contribution in [2.24, 2.45) is 0 Å². The number of aryl methyl sites for hydroxylation is 1. The van der Waals surface area contributed by atoms with Crippen LogP contribution in [0.2, 0.25) is 0 Å². The van der Waals surface area contributed by atoms with Crippen molar-refractivity contribution in [2.45, 2.75) is 43.2 Å². The van der Waals surface area contributed by atoms with Crippen molar-refractivity contribution >= 4 is 34.8 Å². The summed E-state index contributed by atoms with van der Waals surface area (Å²) in [6, 6.07) is 10.7. The Bertz CT molecular complexity index is 1090. The highest BCUT2D eigenvalue weighted by atomic mass is 32.2. The molecule has 4 rings (SSSR count). The molecule has 0 N–H and O–H groups in total. The van der Waals surface area contributed by atoms with E-state index in [1.165, 1.54) is 22.9 Å².